The summed E-state index contributed by atoms with van der Waals surface area (Å²) in [6.07, 6.45) is 6.54. The average Bonchev–Trinajstić information content (AvgIpc) is 2.79. The van der Waals surface area contributed by atoms with E-state index in [4.69, 9.17) is 4.74 Å². The fourth-order valence-corrected chi connectivity index (χ4v) is 3.41. The number of carbonyl (C=O) groups is 1. The molecule has 0 amide bonds. The molecule has 2 rings (SSSR count). The van der Waals surface area contributed by atoms with Gasteiger partial charge in [-0.2, -0.15) is 0 Å². The van der Waals surface area contributed by atoms with Crippen LogP contribution in [0.3, 0.4) is 0 Å². The van der Waals surface area contributed by atoms with Crippen LogP contribution in [0, 0.1) is 17.3 Å². The topological polar surface area (TPSA) is 46.5 Å². The van der Waals surface area contributed by atoms with Crippen LogP contribution >= 0.6 is 0 Å². The standard InChI is InChI=1S/C13H22O3/c1-2-10-4-3-5-11(8-10)13(12(14)15)6-7-16-9-13/h10-11H,2-9H2,1H3,(H,14,15). The molecule has 3 unspecified atom stereocenters. The second kappa shape index (κ2) is 4.74. The smallest absolute Gasteiger partial charge is 0.312 e. The van der Waals surface area contributed by atoms with Gasteiger partial charge in [-0.15, -0.1) is 0 Å². The molecular weight excluding hydrogens is 204 g/mol. The van der Waals surface area contributed by atoms with E-state index in [1.165, 1.54) is 19.3 Å². The number of aliphatic carboxylic acids is 1. The SMILES string of the molecule is CCC1CCCC(C2(C(=O)O)CCOC2)C1. The van der Waals surface area contributed by atoms with Crippen LogP contribution in [0.2, 0.25) is 0 Å². The minimum atomic E-state index is -0.633. The molecule has 2 fully saturated rings. The Hall–Kier alpha value is -0.570. The molecule has 2 aliphatic rings. The summed E-state index contributed by atoms with van der Waals surface area (Å²) in [5.41, 5.74) is -0.562. The number of rotatable bonds is 3. The molecule has 0 spiro atoms. The lowest BCUT2D eigenvalue weighted by Crippen LogP contribution is -2.41. The molecule has 1 saturated carbocycles. The summed E-state index contributed by atoms with van der Waals surface area (Å²) < 4.78 is 5.36. The Kier molecular flexibility index (Phi) is 3.53. The highest BCUT2D eigenvalue weighted by Gasteiger charge is 2.49. The Labute approximate surface area is 97.2 Å². The Morgan fingerprint density at radius 3 is 2.88 bits per heavy atom. The zero-order valence-corrected chi connectivity index (χ0v) is 10.1. The molecule has 0 aromatic rings. The third-order valence-electron chi connectivity index (χ3n) is 4.62. The molecule has 92 valence electrons. The van der Waals surface area contributed by atoms with Crippen molar-refractivity contribution in [2.75, 3.05) is 13.2 Å². The van der Waals surface area contributed by atoms with Gasteiger partial charge < -0.3 is 9.84 Å². The summed E-state index contributed by atoms with van der Waals surface area (Å²) in [7, 11) is 0. The van der Waals surface area contributed by atoms with E-state index in [9.17, 15) is 9.90 Å². The van der Waals surface area contributed by atoms with Crippen LogP contribution in [0.4, 0.5) is 0 Å². The second-order valence-electron chi connectivity index (χ2n) is 5.40. The first-order chi connectivity index (χ1) is 7.69. The molecule has 0 bridgehead atoms. The van der Waals surface area contributed by atoms with Crippen LogP contribution in [-0.2, 0) is 9.53 Å². The third-order valence-corrected chi connectivity index (χ3v) is 4.62. The molecule has 3 heteroatoms. The van der Waals surface area contributed by atoms with Crippen LogP contribution in [-0.4, -0.2) is 24.3 Å². The lowest BCUT2D eigenvalue weighted by Gasteiger charge is -2.38. The fraction of sp³-hybridized carbons (Fsp3) is 0.923. The molecule has 3 atom stereocenters. The zero-order chi connectivity index (χ0) is 11.6. The van der Waals surface area contributed by atoms with E-state index in [0.29, 0.717) is 25.6 Å². The Morgan fingerprint density at radius 1 is 1.50 bits per heavy atom. The Bertz CT molecular complexity index is 256. The lowest BCUT2D eigenvalue weighted by atomic mass is 9.65. The van der Waals surface area contributed by atoms with Crippen molar-refractivity contribution in [2.24, 2.45) is 17.3 Å². The molecule has 0 radical (unpaired) electrons. The summed E-state index contributed by atoms with van der Waals surface area (Å²) in [5, 5.41) is 9.49. The minimum absolute atomic E-state index is 0.339. The summed E-state index contributed by atoms with van der Waals surface area (Å²) >= 11 is 0. The molecule has 0 aromatic carbocycles. The molecule has 1 aliphatic carbocycles. The van der Waals surface area contributed by atoms with Gasteiger partial charge in [-0.05, 0) is 31.1 Å². The largest absolute Gasteiger partial charge is 0.481 e. The van der Waals surface area contributed by atoms with Crippen LogP contribution in [0.15, 0.2) is 0 Å². The van der Waals surface area contributed by atoms with E-state index in [2.05, 4.69) is 6.92 Å². The van der Waals surface area contributed by atoms with Gasteiger partial charge in [0.05, 0.1) is 12.0 Å². The maximum absolute atomic E-state index is 11.5. The average molecular weight is 226 g/mol. The number of hydrogen-bond acceptors (Lipinski definition) is 2. The van der Waals surface area contributed by atoms with Gasteiger partial charge in [0.15, 0.2) is 0 Å². The molecule has 3 nitrogen and oxygen atoms in total. The summed E-state index contributed by atoms with van der Waals surface area (Å²) in [5.74, 6) is 0.438. The molecule has 1 saturated heterocycles. The van der Waals surface area contributed by atoms with Gasteiger partial charge in [-0.25, -0.2) is 0 Å². The van der Waals surface area contributed by atoms with Gasteiger partial charge in [-0.3, -0.25) is 4.79 Å². The molecule has 16 heavy (non-hydrogen) atoms. The number of ether oxygens (including phenoxy) is 1. The van der Waals surface area contributed by atoms with Crippen LogP contribution in [0.25, 0.3) is 0 Å². The molecular formula is C13H22O3. The second-order valence-corrected chi connectivity index (χ2v) is 5.40. The highest BCUT2D eigenvalue weighted by Crippen LogP contribution is 2.46. The first kappa shape index (κ1) is 11.9. The van der Waals surface area contributed by atoms with Crippen molar-refractivity contribution in [1.82, 2.24) is 0 Å². The quantitative estimate of drug-likeness (QED) is 0.804. The van der Waals surface area contributed by atoms with Gasteiger partial charge in [0.1, 0.15) is 0 Å². The van der Waals surface area contributed by atoms with E-state index < -0.39 is 11.4 Å². The molecule has 1 N–H and O–H groups in total. The van der Waals surface area contributed by atoms with Crippen molar-refractivity contribution in [3.8, 4) is 0 Å². The van der Waals surface area contributed by atoms with E-state index in [0.717, 1.165) is 18.8 Å². The molecule has 0 aromatic heterocycles. The van der Waals surface area contributed by atoms with Crippen LogP contribution in [0.1, 0.15) is 45.4 Å². The normalized spacial score (nSPS) is 39.8. The maximum Gasteiger partial charge on any atom is 0.312 e. The monoisotopic (exact) mass is 226 g/mol. The number of carboxylic acid groups (broad SMARTS) is 1. The van der Waals surface area contributed by atoms with Gasteiger partial charge in [-0.1, -0.05) is 26.2 Å². The van der Waals surface area contributed by atoms with E-state index >= 15 is 0 Å². The van der Waals surface area contributed by atoms with Crippen LogP contribution < -0.4 is 0 Å². The molecule has 1 heterocycles. The summed E-state index contributed by atoms with van der Waals surface area (Å²) in [6, 6.07) is 0. The number of hydrogen-bond donors (Lipinski definition) is 1. The predicted molar refractivity (Wildman–Crippen MR) is 61.2 cm³/mol. The van der Waals surface area contributed by atoms with E-state index in [1.807, 2.05) is 0 Å². The highest BCUT2D eigenvalue weighted by molar-refractivity contribution is 5.75. The predicted octanol–water partition coefficient (Wildman–Crippen LogP) is 2.69. The van der Waals surface area contributed by atoms with Crippen molar-refractivity contribution < 1.29 is 14.6 Å². The highest BCUT2D eigenvalue weighted by atomic mass is 16.5. The van der Waals surface area contributed by atoms with Crippen molar-refractivity contribution in [1.29, 1.82) is 0 Å². The lowest BCUT2D eigenvalue weighted by molar-refractivity contribution is -0.154. The first-order valence-electron chi connectivity index (χ1n) is 6.50. The Balaban J connectivity index is 2.11. The van der Waals surface area contributed by atoms with Gasteiger partial charge >= 0.3 is 5.97 Å². The van der Waals surface area contributed by atoms with Crippen molar-refractivity contribution in [2.45, 2.75) is 45.4 Å². The zero-order valence-electron chi connectivity index (χ0n) is 10.1. The van der Waals surface area contributed by atoms with Gasteiger partial charge in [0.2, 0.25) is 0 Å². The van der Waals surface area contributed by atoms with Gasteiger partial charge in [0.25, 0.3) is 0 Å². The van der Waals surface area contributed by atoms with Gasteiger partial charge in [0, 0.05) is 6.61 Å². The molecule has 1 aliphatic heterocycles. The fourth-order valence-electron chi connectivity index (χ4n) is 3.41. The van der Waals surface area contributed by atoms with Crippen molar-refractivity contribution >= 4 is 5.97 Å². The van der Waals surface area contributed by atoms with Crippen LogP contribution in [0.5, 0.6) is 0 Å². The van der Waals surface area contributed by atoms with E-state index in [1.54, 1.807) is 0 Å². The summed E-state index contributed by atoms with van der Waals surface area (Å²) in [6.45, 7) is 3.27. The van der Waals surface area contributed by atoms with Crippen molar-refractivity contribution in [3.05, 3.63) is 0 Å². The van der Waals surface area contributed by atoms with E-state index in [-0.39, 0.29) is 0 Å². The first-order valence-corrected chi connectivity index (χ1v) is 6.50. The Morgan fingerprint density at radius 2 is 2.31 bits per heavy atom. The van der Waals surface area contributed by atoms with Crippen molar-refractivity contribution in [3.63, 3.8) is 0 Å². The minimum Gasteiger partial charge on any atom is -0.481 e. The number of carboxylic acids is 1. The third kappa shape index (κ3) is 1.97. The maximum atomic E-state index is 11.5. The summed E-state index contributed by atoms with van der Waals surface area (Å²) in [4.78, 5) is 11.5.